The van der Waals surface area contributed by atoms with Gasteiger partial charge in [0.1, 0.15) is 0 Å². The SMILES string of the molecule is Cc1ccc(NC(=O)C2CCCN(c3nnc(-n4c(C)ccc4C)s3)C2)cc1C. The first-order chi connectivity index (χ1) is 13.9. The normalized spacial score (nSPS) is 16.8. The Morgan fingerprint density at radius 1 is 1.03 bits per heavy atom. The number of nitrogens with one attached hydrogen (secondary N) is 1. The zero-order valence-electron chi connectivity index (χ0n) is 17.4. The van der Waals surface area contributed by atoms with Gasteiger partial charge in [0, 0.05) is 30.2 Å². The predicted octanol–water partition coefficient (Wildman–Crippen LogP) is 4.42. The molecule has 152 valence electrons. The largest absolute Gasteiger partial charge is 0.346 e. The van der Waals surface area contributed by atoms with E-state index in [0.717, 1.165) is 46.7 Å². The molecule has 0 bridgehead atoms. The Hall–Kier alpha value is -2.67. The summed E-state index contributed by atoms with van der Waals surface area (Å²) >= 11 is 1.58. The van der Waals surface area contributed by atoms with E-state index in [9.17, 15) is 4.79 Å². The molecule has 1 saturated heterocycles. The molecule has 7 heteroatoms. The van der Waals surface area contributed by atoms with E-state index in [0.29, 0.717) is 6.54 Å². The van der Waals surface area contributed by atoms with Crippen molar-refractivity contribution >= 4 is 28.1 Å². The van der Waals surface area contributed by atoms with Gasteiger partial charge in [-0.15, -0.1) is 10.2 Å². The lowest BCUT2D eigenvalue weighted by Gasteiger charge is -2.31. The van der Waals surface area contributed by atoms with Crippen LogP contribution >= 0.6 is 11.3 Å². The lowest BCUT2D eigenvalue weighted by atomic mass is 9.97. The van der Waals surface area contributed by atoms with E-state index in [1.54, 1.807) is 11.3 Å². The Morgan fingerprint density at radius 2 is 1.76 bits per heavy atom. The Kier molecular flexibility index (Phi) is 5.41. The summed E-state index contributed by atoms with van der Waals surface area (Å²) < 4.78 is 2.12. The van der Waals surface area contributed by atoms with Crippen molar-refractivity contribution < 1.29 is 4.79 Å². The molecule has 29 heavy (non-hydrogen) atoms. The van der Waals surface area contributed by atoms with Crippen LogP contribution in [0.4, 0.5) is 10.8 Å². The Morgan fingerprint density at radius 3 is 2.48 bits per heavy atom. The first kappa shape index (κ1) is 19.6. The van der Waals surface area contributed by atoms with E-state index in [1.165, 1.54) is 11.1 Å². The second-order valence-corrected chi connectivity index (χ2v) is 8.83. The maximum absolute atomic E-state index is 12.8. The number of amides is 1. The van der Waals surface area contributed by atoms with Gasteiger partial charge < -0.3 is 10.2 Å². The summed E-state index contributed by atoms with van der Waals surface area (Å²) in [5.74, 6) is 0.0348. The molecule has 1 aliphatic rings. The topological polar surface area (TPSA) is 63.1 Å². The number of anilines is 2. The van der Waals surface area contributed by atoms with Gasteiger partial charge in [0.25, 0.3) is 0 Å². The van der Waals surface area contributed by atoms with Gasteiger partial charge in [-0.2, -0.15) is 0 Å². The third kappa shape index (κ3) is 4.05. The number of carbonyl (C=O) groups is 1. The summed E-state index contributed by atoms with van der Waals surface area (Å²) in [7, 11) is 0. The van der Waals surface area contributed by atoms with Crippen LogP contribution in [0.2, 0.25) is 0 Å². The number of hydrogen-bond acceptors (Lipinski definition) is 5. The molecule has 0 saturated carbocycles. The molecule has 1 amide bonds. The van der Waals surface area contributed by atoms with Crippen LogP contribution in [0.1, 0.15) is 35.4 Å². The van der Waals surface area contributed by atoms with Crippen molar-refractivity contribution in [2.45, 2.75) is 40.5 Å². The Balaban J connectivity index is 1.46. The van der Waals surface area contributed by atoms with Crippen LogP contribution in [-0.4, -0.2) is 33.8 Å². The molecule has 3 aromatic rings. The van der Waals surface area contributed by atoms with Gasteiger partial charge >= 0.3 is 0 Å². The van der Waals surface area contributed by atoms with Crippen molar-refractivity contribution in [3.8, 4) is 5.13 Å². The highest BCUT2D eigenvalue weighted by Crippen LogP contribution is 2.29. The Bertz CT molecular complexity index is 1020. The van der Waals surface area contributed by atoms with Crippen LogP contribution in [0.25, 0.3) is 5.13 Å². The van der Waals surface area contributed by atoms with E-state index < -0.39 is 0 Å². The quantitative estimate of drug-likeness (QED) is 0.693. The van der Waals surface area contributed by atoms with Crippen LogP contribution in [0.5, 0.6) is 0 Å². The maximum atomic E-state index is 12.8. The van der Waals surface area contributed by atoms with Gasteiger partial charge in [0.15, 0.2) is 0 Å². The maximum Gasteiger partial charge on any atom is 0.229 e. The highest BCUT2D eigenvalue weighted by atomic mass is 32.1. The summed E-state index contributed by atoms with van der Waals surface area (Å²) in [5, 5.41) is 13.7. The van der Waals surface area contributed by atoms with E-state index in [2.05, 4.69) is 64.8 Å². The average Bonchev–Trinajstić information content (AvgIpc) is 3.31. The number of rotatable bonds is 4. The zero-order chi connectivity index (χ0) is 20.5. The van der Waals surface area contributed by atoms with Crippen LogP contribution in [0.15, 0.2) is 30.3 Å². The van der Waals surface area contributed by atoms with Gasteiger partial charge in [0.05, 0.1) is 5.92 Å². The summed E-state index contributed by atoms with van der Waals surface area (Å²) in [6.45, 7) is 9.87. The lowest BCUT2D eigenvalue weighted by molar-refractivity contribution is -0.120. The van der Waals surface area contributed by atoms with Gasteiger partial charge in [0.2, 0.25) is 16.2 Å². The standard InChI is InChI=1S/C22H27N5OS/c1-14-7-10-19(12-15(14)2)23-20(28)18-6-5-11-26(13-18)21-24-25-22(29-21)27-16(3)8-9-17(27)4/h7-10,12,18H,5-6,11,13H2,1-4H3,(H,23,28). The number of hydrogen-bond donors (Lipinski definition) is 1. The minimum absolute atomic E-state index is 0.0484. The van der Waals surface area contributed by atoms with Crippen molar-refractivity contribution in [3.63, 3.8) is 0 Å². The molecule has 1 N–H and O–H groups in total. The molecule has 1 fully saturated rings. The molecule has 1 aromatic carbocycles. The molecule has 0 spiro atoms. The second-order valence-electron chi connectivity index (χ2n) is 7.89. The van der Waals surface area contributed by atoms with Gasteiger partial charge in [-0.05, 0) is 75.9 Å². The first-order valence-corrected chi connectivity index (χ1v) is 10.9. The van der Waals surface area contributed by atoms with Gasteiger partial charge in [-0.3, -0.25) is 9.36 Å². The van der Waals surface area contributed by atoms with Crippen molar-refractivity contribution in [3.05, 3.63) is 52.8 Å². The molecule has 0 aliphatic carbocycles. The van der Waals surface area contributed by atoms with Crippen LogP contribution in [-0.2, 0) is 4.79 Å². The smallest absolute Gasteiger partial charge is 0.229 e. The summed E-state index contributed by atoms with van der Waals surface area (Å²) in [6.07, 6.45) is 1.87. The molecule has 6 nitrogen and oxygen atoms in total. The van der Waals surface area contributed by atoms with Gasteiger partial charge in [-0.1, -0.05) is 17.4 Å². The molecule has 1 atom stereocenters. The number of carbonyl (C=O) groups excluding carboxylic acids is 1. The van der Waals surface area contributed by atoms with Crippen LogP contribution < -0.4 is 10.2 Å². The molecular formula is C22H27N5OS. The minimum atomic E-state index is -0.0484. The van der Waals surface area contributed by atoms with E-state index >= 15 is 0 Å². The van der Waals surface area contributed by atoms with E-state index in [-0.39, 0.29) is 11.8 Å². The van der Waals surface area contributed by atoms with Crippen molar-refractivity contribution in [2.75, 3.05) is 23.3 Å². The number of benzene rings is 1. The fourth-order valence-electron chi connectivity index (χ4n) is 3.82. The molecule has 0 radical (unpaired) electrons. The predicted molar refractivity (Wildman–Crippen MR) is 118 cm³/mol. The molecule has 2 aromatic heterocycles. The van der Waals surface area contributed by atoms with Crippen LogP contribution in [0, 0.1) is 33.6 Å². The lowest BCUT2D eigenvalue weighted by Crippen LogP contribution is -2.40. The van der Waals surface area contributed by atoms with E-state index in [1.807, 2.05) is 18.2 Å². The first-order valence-electron chi connectivity index (χ1n) is 10.0. The monoisotopic (exact) mass is 409 g/mol. The highest BCUT2D eigenvalue weighted by Gasteiger charge is 2.28. The van der Waals surface area contributed by atoms with E-state index in [4.69, 9.17) is 0 Å². The number of aryl methyl sites for hydroxylation is 4. The second kappa shape index (κ2) is 7.99. The summed E-state index contributed by atoms with van der Waals surface area (Å²) in [4.78, 5) is 15.0. The van der Waals surface area contributed by atoms with Crippen molar-refractivity contribution in [1.82, 2.24) is 14.8 Å². The summed E-state index contributed by atoms with van der Waals surface area (Å²) in [6, 6.07) is 10.2. The fourth-order valence-corrected chi connectivity index (χ4v) is 4.83. The van der Waals surface area contributed by atoms with Crippen LogP contribution in [0.3, 0.4) is 0 Å². The van der Waals surface area contributed by atoms with Crippen molar-refractivity contribution in [2.24, 2.45) is 5.92 Å². The molecule has 1 unspecified atom stereocenters. The number of piperidine rings is 1. The van der Waals surface area contributed by atoms with Crippen molar-refractivity contribution in [1.29, 1.82) is 0 Å². The fraction of sp³-hybridized carbons (Fsp3) is 0.409. The average molecular weight is 410 g/mol. The highest BCUT2D eigenvalue weighted by molar-refractivity contribution is 7.17. The minimum Gasteiger partial charge on any atom is -0.346 e. The third-order valence-electron chi connectivity index (χ3n) is 5.70. The molecule has 1 aliphatic heterocycles. The molecule has 3 heterocycles. The number of aromatic nitrogens is 3. The van der Waals surface area contributed by atoms with Gasteiger partial charge in [-0.25, -0.2) is 0 Å². The zero-order valence-corrected chi connectivity index (χ0v) is 18.2. The third-order valence-corrected chi connectivity index (χ3v) is 6.67. The number of nitrogens with zero attached hydrogens (tertiary/aromatic N) is 4. The Labute approximate surface area is 175 Å². The molecule has 4 rings (SSSR count). The molecular weight excluding hydrogens is 382 g/mol. The summed E-state index contributed by atoms with van der Waals surface area (Å²) in [5.41, 5.74) is 5.58.